The van der Waals surface area contributed by atoms with Crippen LogP contribution in [-0.4, -0.2) is 18.1 Å². The van der Waals surface area contributed by atoms with Crippen molar-refractivity contribution in [1.82, 2.24) is 4.98 Å². The van der Waals surface area contributed by atoms with Gasteiger partial charge >= 0.3 is 12.1 Å². The zero-order valence-corrected chi connectivity index (χ0v) is 8.39. The van der Waals surface area contributed by atoms with Crippen LogP contribution in [0, 0.1) is 0 Å². The van der Waals surface area contributed by atoms with Gasteiger partial charge in [-0.25, -0.2) is 13.6 Å². The number of halogens is 5. The standard InChI is InChI=1S/C9H6F5NO2/c1-17-8(16)4-2-3-15-6(9(12,13)14)5(4)7(10)11/h2-3,7H,1H3. The van der Waals surface area contributed by atoms with Crippen molar-refractivity contribution in [3.63, 3.8) is 0 Å². The maximum atomic E-state index is 12.6. The highest BCUT2D eigenvalue weighted by Gasteiger charge is 2.39. The van der Waals surface area contributed by atoms with E-state index >= 15 is 0 Å². The first kappa shape index (κ1) is 13.3. The molecular weight excluding hydrogens is 249 g/mol. The van der Waals surface area contributed by atoms with Gasteiger partial charge in [-0.1, -0.05) is 0 Å². The van der Waals surface area contributed by atoms with E-state index in [0.29, 0.717) is 6.20 Å². The molecule has 1 rings (SSSR count). The molecule has 1 heterocycles. The molecule has 0 aliphatic rings. The van der Waals surface area contributed by atoms with Gasteiger partial charge in [0.15, 0.2) is 5.69 Å². The van der Waals surface area contributed by atoms with Crippen LogP contribution >= 0.6 is 0 Å². The minimum Gasteiger partial charge on any atom is -0.465 e. The molecule has 0 fully saturated rings. The Morgan fingerprint density at radius 1 is 1.41 bits per heavy atom. The largest absolute Gasteiger partial charge is 0.465 e. The topological polar surface area (TPSA) is 39.2 Å². The summed E-state index contributed by atoms with van der Waals surface area (Å²) in [4.78, 5) is 13.9. The van der Waals surface area contributed by atoms with E-state index in [2.05, 4.69) is 9.72 Å². The van der Waals surface area contributed by atoms with E-state index in [1.54, 1.807) is 0 Å². The summed E-state index contributed by atoms with van der Waals surface area (Å²) in [6, 6.07) is 0.753. The summed E-state index contributed by atoms with van der Waals surface area (Å²) in [6.45, 7) is 0. The van der Waals surface area contributed by atoms with Crippen molar-refractivity contribution < 1.29 is 31.5 Å². The molecule has 0 atom stereocenters. The molecule has 94 valence electrons. The fourth-order valence-corrected chi connectivity index (χ4v) is 1.21. The lowest BCUT2D eigenvalue weighted by molar-refractivity contribution is -0.143. The second-order valence-electron chi connectivity index (χ2n) is 2.91. The number of nitrogens with zero attached hydrogens (tertiary/aromatic N) is 1. The average Bonchev–Trinajstić information content (AvgIpc) is 2.25. The van der Waals surface area contributed by atoms with E-state index in [9.17, 15) is 26.7 Å². The Hall–Kier alpha value is -1.73. The van der Waals surface area contributed by atoms with Gasteiger partial charge in [0.1, 0.15) is 0 Å². The molecule has 8 heteroatoms. The molecule has 0 amide bonds. The Morgan fingerprint density at radius 2 is 2.00 bits per heavy atom. The van der Waals surface area contributed by atoms with Crippen LogP contribution in [0.4, 0.5) is 22.0 Å². The first-order valence-corrected chi connectivity index (χ1v) is 4.21. The highest BCUT2D eigenvalue weighted by Crippen LogP contribution is 2.36. The minimum atomic E-state index is -5.06. The van der Waals surface area contributed by atoms with E-state index in [0.717, 1.165) is 13.2 Å². The molecule has 0 radical (unpaired) electrons. The number of alkyl halides is 5. The van der Waals surface area contributed by atoms with Gasteiger partial charge in [-0.15, -0.1) is 0 Å². The maximum absolute atomic E-state index is 12.6. The van der Waals surface area contributed by atoms with E-state index in [1.165, 1.54) is 0 Å². The number of esters is 1. The summed E-state index contributed by atoms with van der Waals surface area (Å²) in [5.41, 5.74) is -4.09. The zero-order chi connectivity index (χ0) is 13.2. The molecule has 0 saturated heterocycles. The van der Waals surface area contributed by atoms with Gasteiger partial charge in [-0.2, -0.15) is 13.2 Å². The smallest absolute Gasteiger partial charge is 0.433 e. The van der Waals surface area contributed by atoms with Crippen molar-refractivity contribution in [2.75, 3.05) is 7.11 Å². The van der Waals surface area contributed by atoms with Gasteiger partial charge in [0, 0.05) is 6.20 Å². The Bertz CT molecular complexity index is 430. The number of methoxy groups -OCH3 is 1. The first-order chi connectivity index (χ1) is 7.79. The van der Waals surface area contributed by atoms with Gasteiger partial charge in [0.25, 0.3) is 6.43 Å². The molecule has 0 spiro atoms. The van der Waals surface area contributed by atoms with Crippen LogP contribution in [0.5, 0.6) is 0 Å². The van der Waals surface area contributed by atoms with Gasteiger partial charge in [-0.05, 0) is 6.07 Å². The van der Waals surface area contributed by atoms with Crippen molar-refractivity contribution in [3.8, 4) is 0 Å². The van der Waals surface area contributed by atoms with Gasteiger partial charge in [0.05, 0.1) is 18.2 Å². The summed E-state index contributed by atoms with van der Waals surface area (Å²) in [5.74, 6) is -1.27. The molecule has 1 aromatic heterocycles. The van der Waals surface area contributed by atoms with Crippen LogP contribution in [0.15, 0.2) is 12.3 Å². The summed E-state index contributed by atoms with van der Waals surface area (Å²) >= 11 is 0. The third-order valence-corrected chi connectivity index (χ3v) is 1.88. The molecule has 1 aromatic rings. The number of pyridine rings is 1. The Labute approximate surface area is 92.2 Å². The number of rotatable bonds is 2. The highest BCUT2D eigenvalue weighted by atomic mass is 19.4. The second-order valence-corrected chi connectivity index (χ2v) is 2.91. The second kappa shape index (κ2) is 4.64. The summed E-state index contributed by atoms with van der Waals surface area (Å²) in [6.07, 6.45) is -7.91. The molecular formula is C9H6F5NO2. The number of hydrogen-bond acceptors (Lipinski definition) is 3. The van der Waals surface area contributed by atoms with Crippen molar-refractivity contribution >= 4 is 5.97 Å². The number of ether oxygens (including phenoxy) is 1. The van der Waals surface area contributed by atoms with Crippen molar-refractivity contribution in [3.05, 3.63) is 29.1 Å². The van der Waals surface area contributed by atoms with Crippen LogP contribution in [0.3, 0.4) is 0 Å². The predicted molar refractivity (Wildman–Crippen MR) is 45.5 cm³/mol. The maximum Gasteiger partial charge on any atom is 0.433 e. The Kier molecular flexibility index (Phi) is 3.64. The van der Waals surface area contributed by atoms with Gasteiger partial charge in [-0.3, -0.25) is 4.98 Å². The molecule has 3 nitrogen and oxygen atoms in total. The summed E-state index contributed by atoms with van der Waals surface area (Å²) < 4.78 is 66.5. The summed E-state index contributed by atoms with van der Waals surface area (Å²) in [5, 5.41) is 0. The van der Waals surface area contributed by atoms with Crippen molar-refractivity contribution in [1.29, 1.82) is 0 Å². The lowest BCUT2D eigenvalue weighted by atomic mass is 10.1. The molecule has 0 aliphatic carbocycles. The van der Waals surface area contributed by atoms with E-state index in [4.69, 9.17) is 0 Å². The quantitative estimate of drug-likeness (QED) is 0.602. The molecule has 0 unspecified atom stereocenters. The predicted octanol–water partition coefficient (Wildman–Crippen LogP) is 2.82. The third-order valence-electron chi connectivity index (χ3n) is 1.88. The van der Waals surface area contributed by atoms with Gasteiger partial charge in [0.2, 0.25) is 0 Å². The monoisotopic (exact) mass is 255 g/mol. The zero-order valence-electron chi connectivity index (χ0n) is 8.39. The molecule has 17 heavy (non-hydrogen) atoms. The van der Waals surface area contributed by atoms with E-state index in [1.807, 2.05) is 0 Å². The minimum absolute atomic E-state index is 0.626. The van der Waals surface area contributed by atoms with Crippen LogP contribution in [-0.2, 0) is 10.9 Å². The fourth-order valence-electron chi connectivity index (χ4n) is 1.21. The van der Waals surface area contributed by atoms with Crippen LogP contribution in [0.2, 0.25) is 0 Å². The normalized spacial score (nSPS) is 11.7. The molecule has 0 aliphatic heterocycles. The molecule has 0 saturated carbocycles. The van der Waals surface area contributed by atoms with Crippen LogP contribution in [0.25, 0.3) is 0 Å². The first-order valence-electron chi connectivity index (χ1n) is 4.21. The van der Waals surface area contributed by atoms with E-state index in [-0.39, 0.29) is 0 Å². The van der Waals surface area contributed by atoms with Crippen molar-refractivity contribution in [2.24, 2.45) is 0 Å². The van der Waals surface area contributed by atoms with Crippen LogP contribution in [0.1, 0.15) is 28.0 Å². The SMILES string of the molecule is COC(=O)c1ccnc(C(F)(F)F)c1C(F)F. The number of carbonyl (C=O) groups excluding carboxylic acids is 1. The lowest BCUT2D eigenvalue weighted by Gasteiger charge is -2.13. The molecule has 0 N–H and O–H groups in total. The fraction of sp³-hybridized carbons (Fsp3) is 0.333. The number of aromatic nitrogens is 1. The lowest BCUT2D eigenvalue weighted by Crippen LogP contribution is -2.17. The van der Waals surface area contributed by atoms with Crippen LogP contribution < -0.4 is 0 Å². The highest BCUT2D eigenvalue weighted by molar-refractivity contribution is 5.91. The molecule has 0 bridgehead atoms. The Morgan fingerprint density at radius 3 is 2.41 bits per heavy atom. The Balaban J connectivity index is 3.48. The summed E-state index contributed by atoms with van der Waals surface area (Å²) in [7, 11) is 0.880. The number of hydrogen-bond donors (Lipinski definition) is 0. The average molecular weight is 255 g/mol. The molecule has 0 aromatic carbocycles. The van der Waals surface area contributed by atoms with E-state index < -0.39 is 35.4 Å². The van der Waals surface area contributed by atoms with Crippen molar-refractivity contribution in [2.45, 2.75) is 12.6 Å². The van der Waals surface area contributed by atoms with Gasteiger partial charge < -0.3 is 4.74 Å². The number of carbonyl (C=O) groups is 1. The third kappa shape index (κ3) is 2.69.